The predicted molar refractivity (Wildman–Crippen MR) is 124 cm³/mol. The van der Waals surface area contributed by atoms with E-state index in [1.807, 2.05) is 32.2 Å². The van der Waals surface area contributed by atoms with Gasteiger partial charge in [-0.05, 0) is 43.8 Å². The van der Waals surface area contributed by atoms with Crippen molar-refractivity contribution in [1.29, 1.82) is 0 Å². The van der Waals surface area contributed by atoms with Gasteiger partial charge >= 0.3 is 0 Å². The number of nitrogens with zero attached hydrogens (tertiary/aromatic N) is 1. The van der Waals surface area contributed by atoms with E-state index in [1.165, 1.54) is 42.6 Å². The molecule has 9 heteroatoms. The number of carbonyl (C=O) groups excluding carboxylic acids is 2. The number of hydrogen-bond acceptors (Lipinski definition) is 7. The number of Topliss-reactive ketones (excluding diaryl/α,β-unsaturated/α-hetero) is 1. The Morgan fingerprint density at radius 1 is 1.22 bits per heavy atom. The standard InChI is InChI=1S/C23H26ClNO6S/c1-12(2)31-8-7-25-19(22-13(3)6-9-32-22)18(21(27)23(25)28)20(26)14-10-17(30-5)15(24)11-16(14)29-4/h6,9-12,19,26H,7-8H2,1-5H3/b20-18+. The van der Waals surface area contributed by atoms with Crippen LogP contribution in [0.1, 0.15) is 35.9 Å². The molecule has 1 saturated heterocycles. The first-order chi connectivity index (χ1) is 15.2. The second kappa shape index (κ2) is 9.94. The lowest BCUT2D eigenvalue weighted by molar-refractivity contribution is -0.140. The molecule has 1 aromatic heterocycles. The van der Waals surface area contributed by atoms with Crippen molar-refractivity contribution in [3.8, 4) is 11.5 Å². The molecule has 0 spiro atoms. The molecule has 7 nitrogen and oxygen atoms in total. The molecule has 1 aliphatic rings. The quantitative estimate of drug-likeness (QED) is 0.339. The van der Waals surface area contributed by atoms with Crippen molar-refractivity contribution in [3.05, 3.63) is 50.2 Å². The summed E-state index contributed by atoms with van der Waals surface area (Å²) in [6, 6.07) is 4.16. The number of aliphatic hydroxyl groups is 1. The van der Waals surface area contributed by atoms with Gasteiger partial charge in [0.15, 0.2) is 0 Å². The summed E-state index contributed by atoms with van der Waals surface area (Å²) in [4.78, 5) is 28.4. The minimum Gasteiger partial charge on any atom is -0.507 e. The summed E-state index contributed by atoms with van der Waals surface area (Å²) < 4.78 is 16.2. The smallest absolute Gasteiger partial charge is 0.295 e. The summed E-state index contributed by atoms with van der Waals surface area (Å²) in [6.07, 6.45) is -0.0143. The van der Waals surface area contributed by atoms with Gasteiger partial charge < -0.3 is 24.2 Å². The number of hydrogen-bond donors (Lipinski definition) is 1. The largest absolute Gasteiger partial charge is 0.507 e. The SMILES string of the molecule is COc1cc(/C(O)=C2\C(=O)C(=O)N(CCOC(C)C)C2c2sccc2C)c(OC)cc1Cl. The highest BCUT2D eigenvalue weighted by molar-refractivity contribution is 7.10. The topological polar surface area (TPSA) is 85.3 Å². The maximum Gasteiger partial charge on any atom is 0.295 e. The molecule has 172 valence electrons. The van der Waals surface area contributed by atoms with Crippen molar-refractivity contribution in [2.75, 3.05) is 27.4 Å². The van der Waals surface area contributed by atoms with Gasteiger partial charge in [-0.2, -0.15) is 0 Å². The van der Waals surface area contributed by atoms with Gasteiger partial charge in [0, 0.05) is 17.5 Å². The van der Waals surface area contributed by atoms with Gasteiger partial charge in [0.1, 0.15) is 17.3 Å². The third kappa shape index (κ3) is 4.48. The van der Waals surface area contributed by atoms with E-state index in [2.05, 4.69) is 0 Å². The van der Waals surface area contributed by atoms with Crippen molar-refractivity contribution in [1.82, 2.24) is 4.90 Å². The zero-order valence-electron chi connectivity index (χ0n) is 18.6. The second-order valence-electron chi connectivity index (χ2n) is 7.57. The molecule has 2 aromatic rings. The maximum absolute atomic E-state index is 13.1. The second-order valence-corrected chi connectivity index (χ2v) is 8.92. The highest BCUT2D eigenvalue weighted by Crippen LogP contribution is 2.44. The first-order valence-corrected chi connectivity index (χ1v) is 11.3. The molecule has 1 amide bonds. The Morgan fingerprint density at radius 3 is 2.47 bits per heavy atom. The fourth-order valence-corrected chi connectivity index (χ4v) is 4.90. The summed E-state index contributed by atoms with van der Waals surface area (Å²) >= 11 is 7.61. The van der Waals surface area contributed by atoms with Crippen LogP contribution in [0, 0.1) is 6.92 Å². The number of ether oxygens (including phenoxy) is 3. The first-order valence-electron chi connectivity index (χ1n) is 10.1. The summed E-state index contributed by atoms with van der Waals surface area (Å²) in [6.45, 7) is 6.18. The summed E-state index contributed by atoms with van der Waals surface area (Å²) in [7, 11) is 2.87. The summed E-state index contributed by atoms with van der Waals surface area (Å²) in [5, 5.41) is 13.5. The van der Waals surface area contributed by atoms with E-state index in [9.17, 15) is 14.7 Å². The number of ketones is 1. The average molecular weight is 480 g/mol. The molecule has 0 bridgehead atoms. The van der Waals surface area contributed by atoms with Crippen LogP contribution < -0.4 is 9.47 Å². The molecule has 1 unspecified atom stereocenters. The molecule has 1 aromatic carbocycles. The van der Waals surface area contributed by atoms with Crippen molar-refractivity contribution in [2.45, 2.75) is 32.9 Å². The third-order valence-electron chi connectivity index (χ3n) is 5.20. The monoisotopic (exact) mass is 479 g/mol. The molecule has 0 radical (unpaired) electrons. The van der Waals surface area contributed by atoms with Gasteiger partial charge in [-0.15, -0.1) is 11.3 Å². The van der Waals surface area contributed by atoms with Gasteiger partial charge in [-0.1, -0.05) is 11.6 Å². The molecule has 1 N–H and O–H groups in total. The Hall–Kier alpha value is -2.55. The first kappa shape index (κ1) is 24.1. The molecule has 2 heterocycles. The lowest BCUT2D eigenvalue weighted by Gasteiger charge is -2.25. The Balaban J connectivity index is 2.18. The number of methoxy groups -OCH3 is 2. The Bertz CT molecular complexity index is 1060. The maximum atomic E-state index is 13.1. The minimum absolute atomic E-state index is 0.00669. The highest BCUT2D eigenvalue weighted by atomic mass is 35.5. The lowest BCUT2D eigenvalue weighted by Crippen LogP contribution is -2.33. The minimum atomic E-state index is -0.763. The van der Waals surface area contributed by atoms with E-state index in [1.54, 1.807) is 0 Å². The van der Waals surface area contributed by atoms with Crippen LogP contribution in [0.25, 0.3) is 5.76 Å². The van der Waals surface area contributed by atoms with Crippen LogP contribution in [0.15, 0.2) is 29.2 Å². The number of halogens is 1. The van der Waals surface area contributed by atoms with Crippen LogP contribution in [0.2, 0.25) is 5.02 Å². The van der Waals surface area contributed by atoms with Gasteiger partial charge in [-0.25, -0.2) is 0 Å². The normalized spacial score (nSPS) is 18.0. The number of likely N-dealkylation sites (tertiary alicyclic amines) is 1. The number of amides is 1. The van der Waals surface area contributed by atoms with Crippen LogP contribution in [-0.2, 0) is 14.3 Å². The summed E-state index contributed by atoms with van der Waals surface area (Å²) in [5.41, 5.74) is 1.13. The molecular weight excluding hydrogens is 454 g/mol. The Morgan fingerprint density at radius 2 is 1.91 bits per heavy atom. The van der Waals surface area contributed by atoms with Crippen molar-refractivity contribution in [2.24, 2.45) is 0 Å². The van der Waals surface area contributed by atoms with Gasteiger partial charge in [0.25, 0.3) is 11.7 Å². The molecule has 3 rings (SSSR count). The van der Waals surface area contributed by atoms with E-state index in [0.717, 1.165) is 10.4 Å². The van der Waals surface area contributed by atoms with E-state index in [4.69, 9.17) is 25.8 Å². The van der Waals surface area contributed by atoms with Gasteiger partial charge in [0.05, 0.1) is 49.1 Å². The Labute approximate surface area is 196 Å². The van der Waals surface area contributed by atoms with Crippen molar-refractivity contribution < 1.29 is 28.9 Å². The third-order valence-corrected chi connectivity index (χ3v) is 6.57. The molecule has 1 fully saturated rings. The lowest BCUT2D eigenvalue weighted by atomic mass is 9.97. The number of carbonyl (C=O) groups is 2. The van der Waals surface area contributed by atoms with E-state index in [0.29, 0.717) is 5.75 Å². The van der Waals surface area contributed by atoms with Crippen LogP contribution in [0.5, 0.6) is 11.5 Å². The predicted octanol–water partition coefficient (Wildman–Crippen LogP) is 4.57. The number of thiophene rings is 1. The van der Waals surface area contributed by atoms with Gasteiger partial charge in [0.2, 0.25) is 0 Å². The van der Waals surface area contributed by atoms with E-state index >= 15 is 0 Å². The molecule has 1 atom stereocenters. The number of benzene rings is 1. The number of aryl methyl sites for hydroxylation is 1. The molecular formula is C23H26ClNO6S. The highest BCUT2D eigenvalue weighted by Gasteiger charge is 2.47. The molecule has 32 heavy (non-hydrogen) atoms. The van der Waals surface area contributed by atoms with Crippen LogP contribution in [0.4, 0.5) is 0 Å². The van der Waals surface area contributed by atoms with Gasteiger partial charge in [-0.3, -0.25) is 9.59 Å². The average Bonchev–Trinajstić information content (AvgIpc) is 3.28. The van der Waals surface area contributed by atoms with Crippen LogP contribution in [0.3, 0.4) is 0 Å². The molecule has 0 aliphatic carbocycles. The molecule has 1 aliphatic heterocycles. The zero-order valence-corrected chi connectivity index (χ0v) is 20.2. The number of rotatable bonds is 8. The Kier molecular flexibility index (Phi) is 7.48. The van der Waals surface area contributed by atoms with Crippen LogP contribution >= 0.6 is 22.9 Å². The fourth-order valence-electron chi connectivity index (χ4n) is 3.63. The fraction of sp³-hybridized carbons (Fsp3) is 0.391. The number of aliphatic hydroxyl groups excluding tert-OH is 1. The zero-order chi connectivity index (χ0) is 23.6. The molecule has 0 saturated carbocycles. The van der Waals surface area contributed by atoms with Crippen molar-refractivity contribution >= 4 is 40.4 Å². The van der Waals surface area contributed by atoms with Crippen LogP contribution in [-0.4, -0.2) is 55.2 Å². The summed E-state index contributed by atoms with van der Waals surface area (Å²) in [5.74, 6) is -1.24. The van der Waals surface area contributed by atoms with Crippen molar-refractivity contribution in [3.63, 3.8) is 0 Å². The van der Waals surface area contributed by atoms with E-state index in [-0.39, 0.29) is 46.9 Å². The van der Waals surface area contributed by atoms with E-state index < -0.39 is 17.7 Å².